The molecule has 0 saturated heterocycles. The summed E-state index contributed by atoms with van der Waals surface area (Å²) in [6, 6.07) is 11.8. The van der Waals surface area contributed by atoms with Gasteiger partial charge in [0.2, 0.25) is 11.7 Å². The number of aryl methyl sites for hydroxylation is 1. The molecule has 3 rings (SSSR count). The fourth-order valence-electron chi connectivity index (χ4n) is 3.19. The third-order valence-corrected chi connectivity index (χ3v) is 5.63. The van der Waals surface area contributed by atoms with Crippen LogP contribution < -0.4 is 24.3 Å². The van der Waals surface area contributed by atoms with E-state index in [9.17, 15) is 10.1 Å². The van der Waals surface area contributed by atoms with E-state index in [1.54, 1.807) is 29.5 Å². The van der Waals surface area contributed by atoms with Crippen LogP contribution in [0.15, 0.2) is 47.9 Å². The van der Waals surface area contributed by atoms with E-state index in [0.29, 0.717) is 35.2 Å². The minimum Gasteiger partial charge on any atom is -0.493 e. The number of hydrogen-bond donors (Lipinski definition) is 1. The van der Waals surface area contributed by atoms with E-state index in [1.807, 2.05) is 36.6 Å². The number of carbonyl (C=O) groups excluding carboxylic acids is 1. The van der Waals surface area contributed by atoms with Gasteiger partial charge in [0.15, 0.2) is 11.5 Å². The highest BCUT2D eigenvalue weighted by Crippen LogP contribution is 2.39. The van der Waals surface area contributed by atoms with Gasteiger partial charge < -0.3 is 24.3 Å². The lowest BCUT2D eigenvalue weighted by Crippen LogP contribution is -2.25. The SMILES string of the molecule is COc1cc([C@@H](C#N)NC(=O)/C=C\c2ccccc2OCc2csc(C)n2)cc(OC)c1OC. The number of hydrogen-bond acceptors (Lipinski definition) is 8. The van der Waals surface area contributed by atoms with Gasteiger partial charge in [0.25, 0.3) is 0 Å². The molecule has 0 radical (unpaired) electrons. The lowest BCUT2D eigenvalue weighted by molar-refractivity contribution is -0.116. The second-order valence-corrected chi connectivity index (χ2v) is 8.11. The van der Waals surface area contributed by atoms with Crippen LogP contribution in [0.25, 0.3) is 6.08 Å². The summed E-state index contributed by atoms with van der Waals surface area (Å²) >= 11 is 1.56. The van der Waals surface area contributed by atoms with Crippen LogP contribution in [0, 0.1) is 18.3 Å². The molecule has 0 bridgehead atoms. The van der Waals surface area contributed by atoms with Gasteiger partial charge in [-0.2, -0.15) is 5.26 Å². The average molecular weight is 480 g/mol. The molecule has 0 unspecified atom stereocenters. The average Bonchev–Trinajstić information content (AvgIpc) is 3.29. The van der Waals surface area contributed by atoms with Crippen LogP contribution >= 0.6 is 11.3 Å². The van der Waals surface area contributed by atoms with Crippen molar-refractivity contribution in [2.24, 2.45) is 0 Å². The number of nitrogens with zero attached hydrogens (tertiary/aromatic N) is 2. The van der Waals surface area contributed by atoms with Crippen molar-refractivity contribution in [1.29, 1.82) is 5.26 Å². The second kappa shape index (κ2) is 11.7. The van der Waals surface area contributed by atoms with E-state index in [-0.39, 0.29) is 0 Å². The van der Waals surface area contributed by atoms with Gasteiger partial charge in [-0.05, 0) is 36.8 Å². The number of rotatable bonds is 10. The van der Waals surface area contributed by atoms with Crippen molar-refractivity contribution in [1.82, 2.24) is 10.3 Å². The summed E-state index contributed by atoms with van der Waals surface area (Å²) in [7, 11) is 4.46. The maximum absolute atomic E-state index is 12.6. The predicted octanol–water partition coefficient (Wildman–Crippen LogP) is 4.45. The normalized spacial score (nSPS) is 11.5. The molecule has 9 heteroatoms. The molecule has 1 atom stereocenters. The number of carbonyl (C=O) groups is 1. The molecule has 3 aromatic rings. The summed E-state index contributed by atoms with van der Waals surface area (Å²) in [6.07, 6.45) is 3.00. The highest BCUT2D eigenvalue weighted by atomic mass is 32.1. The summed E-state index contributed by atoms with van der Waals surface area (Å²) in [6.45, 7) is 2.27. The van der Waals surface area contributed by atoms with Crippen LogP contribution in [-0.2, 0) is 11.4 Å². The first-order valence-electron chi connectivity index (χ1n) is 10.3. The van der Waals surface area contributed by atoms with Crippen LogP contribution in [0.2, 0.25) is 0 Å². The fourth-order valence-corrected chi connectivity index (χ4v) is 3.79. The maximum atomic E-state index is 12.6. The van der Waals surface area contributed by atoms with E-state index in [1.165, 1.54) is 27.4 Å². The van der Waals surface area contributed by atoms with Gasteiger partial charge in [0.05, 0.1) is 38.1 Å². The Kier molecular flexibility index (Phi) is 8.48. The van der Waals surface area contributed by atoms with E-state index < -0.39 is 11.9 Å². The van der Waals surface area contributed by atoms with Gasteiger partial charge in [-0.1, -0.05) is 18.2 Å². The van der Waals surface area contributed by atoms with Crippen molar-refractivity contribution < 1.29 is 23.7 Å². The summed E-state index contributed by atoms with van der Waals surface area (Å²) in [4.78, 5) is 17.0. The smallest absolute Gasteiger partial charge is 0.245 e. The molecule has 0 saturated carbocycles. The van der Waals surface area contributed by atoms with E-state index in [2.05, 4.69) is 16.4 Å². The van der Waals surface area contributed by atoms with Crippen LogP contribution in [0.1, 0.15) is 27.9 Å². The highest BCUT2D eigenvalue weighted by Gasteiger charge is 2.19. The highest BCUT2D eigenvalue weighted by molar-refractivity contribution is 7.09. The third kappa shape index (κ3) is 6.05. The molecule has 0 aliphatic carbocycles. The van der Waals surface area contributed by atoms with Crippen LogP contribution in [0.5, 0.6) is 23.0 Å². The van der Waals surface area contributed by atoms with E-state index in [4.69, 9.17) is 18.9 Å². The molecule has 1 aromatic heterocycles. The number of ether oxygens (including phenoxy) is 4. The third-order valence-electron chi connectivity index (χ3n) is 4.81. The first-order chi connectivity index (χ1) is 16.5. The molecular weight excluding hydrogens is 454 g/mol. The Labute approximate surface area is 202 Å². The first-order valence-corrected chi connectivity index (χ1v) is 11.2. The van der Waals surface area contributed by atoms with Gasteiger partial charge in [-0.25, -0.2) is 4.98 Å². The Bertz CT molecular complexity index is 1190. The number of methoxy groups -OCH3 is 3. The molecule has 34 heavy (non-hydrogen) atoms. The number of nitriles is 1. The van der Waals surface area contributed by atoms with Crippen molar-refractivity contribution in [3.63, 3.8) is 0 Å². The number of thiazole rings is 1. The van der Waals surface area contributed by atoms with Gasteiger partial charge >= 0.3 is 0 Å². The molecule has 8 nitrogen and oxygen atoms in total. The number of para-hydroxylation sites is 1. The predicted molar refractivity (Wildman–Crippen MR) is 129 cm³/mol. The Morgan fingerprint density at radius 1 is 1.15 bits per heavy atom. The lowest BCUT2D eigenvalue weighted by atomic mass is 10.1. The van der Waals surface area contributed by atoms with Crippen molar-refractivity contribution in [3.8, 4) is 29.1 Å². The minimum absolute atomic E-state index is 0.332. The summed E-state index contributed by atoms with van der Waals surface area (Å²) in [5, 5.41) is 15.3. The Hall–Kier alpha value is -4.03. The minimum atomic E-state index is -0.926. The van der Waals surface area contributed by atoms with E-state index >= 15 is 0 Å². The second-order valence-electron chi connectivity index (χ2n) is 7.05. The molecule has 0 spiro atoms. The Morgan fingerprint density at radius 3 is 2.44 bits per heavy atom. The fraction of sp³-hybridized carbons (Fsp3) is 0.240. The standard InChI is InChI=1S/C25H25N3O5S/c1-16-27-19(15-34-16)14-33-21-8-6-5-7-17(21)9-10-24(29)28-20(13-26)18-11-22(30-2)25(32-4)23(12-18)31-3/h5-12,15,20H,14H2,1-4H3,(H,28,29)/b10-9-/t20-/m1/s1. The largest absolute Gasteiger partial charge is 0.493 e. The molecule has 1 amide bonds. The summed E-state index contributed by atoms with van der Waals surface area (Å²) in [5.41, 5.74) is 2.08. The van der Waals surface area contributed by atoms with Gasteiger partial charge in [-0.3, -0.25) is 4.79 Å². The lowest BCUT2D eigenvalue weighted by Gasteiger charge is -2.17. The van der Waals surface area contributed by atoms with Crippen molar-refractivity contribution >= 4 is 23.3 Å². The van der Waals surface area contributed by atoms with Crippen molar-refractivity contribution in [2.75, 3.05) is 21.3 Å². The molecule has 1 N–H and O–H groups in total. The van der Waals surface area contributed by atoms with Gasteiger partial charge in [0.1, 0.15) is 18.4 Å². The molecule has 176 valence electrons. The molecule has 0 fully saturated rings. The first kappa shape index (κ1) is 24.6. The van der Waals surface area contributed by atoms with Crippen molar-refractivity contribution in [2.45, 2.75) is 19.6 Å². The Balaban J connectivity index is 1.72. The number of aromatic nitrogens is 1. The van der Waals surface area contributed by atoms with Gasteiger partial charge in [-0.15, -0.1) is 11.3 Å². The molecular formula is C25H25N3O5S. The van der Waals surface area contributed by atoms with Crippen LogP contribution in [0.4, 0.5) is 0 Å². The van der Waals surface area contributed by atoms with Crippen LogP contribution in [-0.4, -0.2) is 32.2 Å². The quantitative estimate of drug-likeness (QED) is 0.429. The molecule has 2 aromatic carbocycles. The number of amides is 1. The summed E-state index contributed by atoms with van der Waals surface area (Å²) < 4.78 is 21.9. The maximum Gasteiger partial charge on any atom is 0.245 e. The Morgan fingerprint density at radius 2 is 1.85 bits per heavy atom. The summed E-state index contributed by atoms with van der Waals surface area (Å²) in [5.74, 6) is 1.37. The number of nitrogens with one attached hydrogen (secondary N) is 1. The zero-order valence-corrected chi connectivity index (χ0v) is 20.1. The molecule has 1 heterocycles. The van der Waals surface area contributed by atoms with Crippen LogP contribution in [0.3, 0.4) is 0 Å². The topological polar surface area (TPSA) is 103 Å². The molecule has 0 aliphatic rings. The zero-order chi connectivity index (χ0) is 24.5. The van der Waals surface area contributed by atoms with E-state index in [0.717, 1.165) is 16.3 Å². The zero-order valence-electron chi connectivity index (χ0n) is 19.3. The molecule has 0 aliphatic heterocycles. The van der Waals surface area contributed by atoms with Crippen molar-refractivity contribution in [3.05, 3.63) is 69.7 Å². The monoisotopic (exact) mass is 479 g/mol. The van der Waals surface area contributed by atoms with Gasteiger partial charge in [0, 0.05) is 17.0 Å². The number of benzene rings is 2.